The Labute approximate surface area is 85.7 Å². The fraction of sp³-hybridized carbons (Fsp3) is 0. The Hall–Kier alpha value is -1.64. The van der Waals surface area contributed by atoms with Crippen molar-refractivity contribution in [1.29, 1.82) is 0 Å². The molecule has 5 N–H and O–H groups in total. The third-order valence-electron chi connectivity index (χ3n) is 1.89. The number of rotatable bonds is 2. The van der Waals surface area contributed by atoms with Crippen LogP contribution in [-0.4, -0.2) is 17.8 Å². The molecular formula is C7H9N5O2S. The largest absolute Gasteiger partial charge is 0.306 e. The zero-order valence-corrected chi connectivity index (χ0v) is 8.40. The topological polar surface area (TPSA) is 116 Å². The fourth-order valence-corrected chi connectivity index (χ4v) is 2.14. The summed E-state index contributed by atoms with van der Waals surface area (Å²) < 4.78 is 24.0. The Balaban J connectivity index is 2.91. The maximum absolute atomic E-state index is 11.3. The summed E-state index contributed by atoms with van der Waals surface area (Å²) in [5.74, 6) is 5.20. The number of sulfonamides is 1. The van der Waals surface area contributed by atoms with E-state index in [1.807, 2.05) is 0 Å². The second-order valence-corrected chi connectivity index (χ2v) is 4.36. The third kappa shape index (κ3) is 1.54. The molecule has 2 heterocycles. The van der Waals surface area contributed by atoms with Gasteiger partial charge >= 0.3 is 0 Å². The van der Waals surface area contributed by atoms with Crippen molar-refractivity contribution in [3.63, 3.8) is 0 Å². The minimum absolute atomic E-state index is 0.0312. The maximum atomic E-state index is 11.3. The first-order valence-corrected chi connectivity index (χ1v) is 5.55. The molecular weight excluding hydrogens is 218 g/mol. The molecule has 0 saturated carbocycles. The molecule has 0 aliphatic heterocycles. The molecule has 0 saturated heterocycles. The molecule has 80 valence electrons. The number of hydrogen-bond acceptors (Lipinski definition) is 5. The summed E-state index contributed by atoms with van der Waals surface area (Å²) in [7, 11) is -3.87. The average molecular weight is 227 g/mol. The summed E-state index contributed by atoms with van der Waals surface area (Å²) >= 11 is 0. The van der Waals surface area contributed by atoms with Crippen LogP contribution in [0.15, 0.2) is 29.4 Å². The first-order chi connectivity index (χ1) is 7.04. The molecule has 2 rings (SSSR count). The Morgan fingerprint density at radius 3 is 2.73 bits per heavy atom. The number of primary sulfonamides is 1. The monoisotopic (exact) mass is 227 g/mol. The molecule has 0 spiro atoms. The average Bonchev–Trinajstić information content (AvgIpc) is 2.54. The molecule has 0 bridgehead atoms. The highest BCUT2D eigenvalue weighted by Gasteiger charge is 2.20. The first-order valence-electron chi connectivity index (χ1n) is 4.00. The number of imidazole rings is 1. The lowest BCUT2D eigenvalue weighted by Crippen LogP contribution is -2.18. The molecule has 0 unspecified atom stereocenters. The molecule has 2 aromatic heterocycles. The molecule has 0 atom stereocenters. The van der Waals surface area contributed by atoms with Crippen molar-refractivity contribution in [2.75, 3.05) is 5.43 Å². The number of nitrogens with two attached hydrogens (primary N) is 2. The van der Waals surface area contributed by atoms with Gasteiger partial charge in [0.1, 0.15) is 5.65 Å². The minimum atomic E-state index is -3.87. The summed E-state index contributed by atoms with van der Waals surface area (Å²) in [6.07, 6.45) is 1.54. The van der Waals surface area contributed by atoms with E-state index in [1.54, 1.807) is 24.4 Å². The molecule has 8 heteroatoms. The molecule has 0 amide bonds. The number of fused-ring (bicyclic) bond motifs is 1. The van der Waals surface area contributed by atoms with Crippen LogP contribution in [-0.2, 0) is 10.0 Å². The van der Waals surface area contributed by atoms with Crippen molar-refractivity contribution in [3.8, 4) is 0 Å². The zero-order chi connectivity index (χ0) is 11.1. The van der Waals surface area contributed by atoms with Crippen molar-refractivity contribution in [1.82, 2.24) is 9.38 Å². The molecule has 2 aromatic rings. The van der Waals surface area contributed by atoms with Gasteiger partial charge in [-0.1, -0.05) is 6.07 Å². The van der Waals surface area contributed by atoms with E-state index in [9.17, 15) is 8.42 Å². The first kappa shape index (κ1) is 9.90. The molecule has 0 aromatic carbocycles. The van der Waals surface area contributed by atoms with Gasteiger partial charge in [-0.2, -0.15) is 0 Å². The SMILES string of the molecule is NNc1nc2ccccn2c1S(N)(=O)=O. The minimum Gasteiger partial charge on any atom is -0.306 e. The Bertz CT molecular complexity index is 603. The zero-order valence-electron chi connectivity index (χ0n) is 7.58. The van der Waals surface area contributed by atoms with Gasteiger partial charge in [0.05, 0.1) is 0 Å². The van der Waals surface area contributed by atoms with Gasteiger partial charge in [-0.3, -0.25) is 4.40 Å². The van der Waals surface area contributed by atoms with E-state index in [-0.39, 0.29) is 10.8 Å². The Morgan fingerprint density at radius 2 is 2.13 bits per heavy atom. The van der Waals surface area contributed by atoms with Crippen molar-refractivity contribution in [2.24, 2.45) is 11.0 Å². The number of pyridine rings is 1. The van der Waals surface area contributed by atoms with Crippen LogP contribution in [0.25, 0.3) is 5.65 Å². The normalized spacial score (nSPS) is 11.9. The molecule has 15 heavy (non-hydrogen) atoms. The number of nitrogen functional groups attached to an aromatic ring is 1. The highest BCUT2D eigenvalue weighted by atomic mass is 32.2. The van der Waals surface area contributed by atoms with Crippen LogP contribution >= 0.6 is 0 Å². The van der Waals surface area contributed by atoms with Crippen molar-refractivity contribution in [3.05, 3.63) is 24.4 Å². The quantitative estimate of drug-likeness (QED) is 0.462. The Morgan fingerprint density at radius 1 is 1.40 bits per heavy atom. The van der Waals surface area contributed by atoms with Gasteiger partial charge < -0.3 is 5.43 Å². The van der Waals surface area contributed by atoms with Crippen LogP contribution in [0.3, 0.4) is 0 Å². The highest BCUT2D eigenvalue weighted by molar-refractivity contribution is 7.89. The van der Waals surface area contributed by atoms with Crippen LogP contribution in [0.4, 0.5) is 5.82 Å². The van der Waals surface area contributed by atoms with Gasteiger partial charge in [-0.25, -0.2) is 24.4 Å². The van der Waals surface area contributed by atoms with Crippen LogP contribution in [0.1, 0.15) is 0 Å². The van der Waals surface area contributed by atoms with E-state index in [4.69, 9.17) is 11.0 Å². The van der Waals surface area contributed by atoms with Crippen LogP contribution in [0, 0.1) is 0 Å². The van der Waals surface area contributed by atoms with Crippen molar-refractivity contribution < 1.29 is 8.42 Å². The van der Waals surface area contributed by atoms with Gasteiger partial charge in [0.15, 0.2) is 10.8 Å². The Kier molecular flexibility index (Phi) is 2.11. The van der Waals surface area contributed by atoms with Gasteiger partial charge in [-0.15, -0.1) is 0 Å². The summed E-state index contributed by atoms with van der Waals surface area (Å²) in [4.78, 5) is 3.97. The van der Waals surface area contributed by atoms with Gasteiger partial charge in [0.2, 0.25) is 0 Å². The molecule has 0 fully saturated rings. The molecule has 7 nitrogen and oxygen atoms in total. The number of hydrazine groups is 1. The standard InChI is InChI=1S/C7H9N5O2S/c8-11-6-7(15(9,13)14)12-4-2-1-3-5(12)10-6/h1-4,11H,8H2,(H2,9,13,14). The lowest BCUT2D eigenvalue weighted by molar-refractivity contribution is 0.593. The lowest BCUT2D eigenvalue weighted by Gasteiger charge is -2.00. The van der Waals surface area contributed by atoms with Gasteiger partial charge in [-0.05, 0) is 12.1 Å². The summed E-state index contributed by atoms with van der Waals surface area (Å²) in [6, 6.07) is 5.05. The summed E-state index contributed by atoms with van der Waals surface area (Å²) in [5, 5.41) is 4.91. The van der Waals surface area contributed by atoms with Gasteiger partial charge in [0.25, 0.3) is 10.0 Å². The lowest BCUT2D eigenvalue weighted by atomic mass is 10.5. The predicted molar refractivity (Wildman–Crippen MR) is 54.4 cm³/mol. The van der Waals surface area contributed by atoms with Crippen molar-refractivity contribution >= 4 is 21.5 Å². The second kappa shape index (κ2) is 3.19. The van der Waals surface area contributed by atoms with E-state index in [1.165, 1.54) is 4.40 Å². The summed E-state index contributed by atoms with van der Waals surface area (Å²) in [6.45, 7) is 0. The number of nitrogens with zero attached hydrogens (tertiary/aromatic N) is 2. The van der Waals surface area contributed by atoms with Gasteiger partial charge in [0, 0.05) is 6.20 Å². The predicted octanol–water partition coefficient (Wildman–Crippen LogP) is -0.733. The summed E-state index contributed by atoms with van der Waals surface area (Å²) in [5.41, 5.74) is 2.65. The number of hydrogen-bond donors (Lipinski definition) is 3. The molecule has 0 radical (unpaired) electrons. The number of anilines is 1. The number of nitrogens with one attached hydrogen (secondary N) is 1. The van der Waals surface area contributed by atoms with E-state index in [0.29, 0.717) is 5.65 Å². The van der Waals surface area contributed by atoms with Crippen LogP contribution in [0.2, 0.25) is 0 Å². The molecule has 0 aliphatic carbocycles. The van der Waals surface area contributed by atoms with Crippen LogP contribution < -0.4 is 16.4 Å². The highest BCUT2D eigenvalue weighted by Crippen LogP contribution is 2.20. The molecule has 0 aliphatic rings. The van der Waals surface area contributed by atoms with E-state index in [0.717, 1.165) is 0 Å². The number of aromatic nitrogens is 2. The second-order valence-electron chi connectivity index (χ2n) is 2.88. The van der Waals surface area contributed by atoms with E-state index in [2.05, 4.69) is 10.4 Å². The third-order valence-corrected chi connectivity index (χ3v) is 2.82. The van der Waals surface area contributed by atoms with Crippen LogP contribution in [0.5, 0.6) is 0 Å². The van der Waals surface area contributed by atoms with E-state index < -0.39 is 10.0 Å². The maximum Gasteiger partial charge on any atom is 0.257 e. The van der Waals surface area contributed by atoms with E-state index >= 15 is 0 Å². The smallest absolute Gasteiger partial charge is 0.257 e. The fourth-order valence-electron chi connectivity index (χ4n) is 1.34. The van der Waals surface area contributed by atoms with Crippen molar-refractivity contribution in [2.45, 2.75) is 5.03 Å².